The van der Waals surface area contributed by atoms with Gasteiger partial charge in [-0.1, -0.05) is 19.7 Å². The molecule has 8 nitrogen and oxygen atoms in total. The van der Waals surface area contributed by atoms with Crippen molar-refractivity contribution < 1.29 is 31.4 Å². The zero-order chi connectivity index (χ0) is 23.9. The van der Waals surface area contributed by atoms with Gasteiger partial charge in [-0.05, 0) is 51.8 Å². The lowest BCUT2D eigenvalue weighted by Crippen LogP contribution is -2.45. The highest BCUT2D eigenvalue weighted by Gasteiger charge is 2.23. The van der Waals surface area contributed by atoms with Gasteiger partial charge in [0.2, 0.25) is 5.91 Å². The van der Waals surface area contributed by atoms with Crippen molar-refractivity contribution in [3.63, 3.8) is 0 Å². The Bertz CT molecular complexity index is 685. The number of nitrogens with one attached hydrogen (secondary N) is 2. The van der Waals surface area contributed by atoms with Crippen molar-refractivity contribution in [3.05, 3.63) is 29.3 Å². The van der Waals surface area contributed by atoms with Gasteiger partial charge < -0.3 is 24.8 Å². The van der Waals surface area contributed by atoms with Gasteiger partial charge in [0, 0.05) is 22.8 Å². The zero-order valence-corrected chi connectivity index (χ0v) is 20.7. The third-order valence-corrected chi connectivity index (χ3v) is 3.33. The molecule has 0 aromatic heterocycles. The molecule has 1 aromatic carbocycles. The average molecular weight is 449 g/mol. The minimum absolute atomic E-state index is 0. The fourth-order valence-electron chi connectivity index (χ4n) is 2.02. The van der Waals surface area contributed by atoms with E-state index in [1.807, 2.05) is 6.66 Å². The minimum atomic E-state index is -0.754. The first-order valence-electron chi connectivity index (χ1n) is 9.46. The van der Waals surface area contributed by atoms with Crippen LogP contribution in [0.5, 0.6) is 0 Å². The molecule has 0 aliphatic carbocycles. The van der Waals surface area contributed by atoms with Gasteiger partial charge in [0.15, 0.2) is 0 Å². The predicted molar refractivity (Wildman–Crippen MR) is 127 cm³/mol. The number of anilines is 1. The molecule has 30 heavy (non-hydrogen) atoms. The Morgan fingerprint density at radius 3 is 2.10 bits per heavy atom. The van der Waals surface area contributed by atoms with E-state index in [0.717, 1.165) is 5.56 Å². The maximum Gasteiger partial charge on any atom is 0.408 e. The molecule has 0 spiro atoms. The minimum Gasteiger partial charge on any atom is -0.465 e. The Morgan fingerprint density at radius 1 is 1.13 bits per heavy atom. The van der Waals surface area contributed by atoms with Gasteiger partial charge in [-0.3, -0.25) is 4.79 Å². The molecule has 0 saturated heterocycles. The molecule has 2 N–H and O–H groups in total. The number of amides is 2. The molecule has 9 heteroatoms. The number of alkyl carbamates (subject to hydrolysis) is 1. The highest BCUT2D eigenvalue weighted by molar-refractivity contribution is 7.15. The van der Waals surface area contributed by atoms with Crippen molar-refractivity contribution in [1.29, 1.82) is 0 Å². The van der Waals surface area contributed by atoms with Crippen LogP contribution in [0.3, 0.4) is 0 Å². The van der Waals surface area contributed by atoms with Crippen LogP contribution in [0, 0.1) is 6.92 Å². The highest BCUT2D eigenvalue weighted by Crippen LogP contribution is 2.18. The van der Waals surface area contributed by atoms with E-state index >= 15 is 0 Å². The lowest BCUT2D eigenvalue weighted by Gasteiger charge is -2.23. The van der Waals surface area contributed by atoms with Crippen LogP contribution in [0.15, 0.2) is 18.2 Å². The van der Waals surface area contributed by atoms with E-state index < -0.39 is 29.6 Å². The fraction of sp³-hybridized carbons (Fsp3) is 0.571. The molecular weight excluding hydrogens is 407 g/mol. The maximum absolute atomic E-state index is 12.5. The Labute approximate surface area is 185 Å². The third kappa shape index (κ3) is 12.4. The monoisotopic (exact) mass is 448 g/mol. The van der Waals surface area contributed by atoms with Crippen LogP contribution < -0.4 is 10.6 Å². The Balaban J connectivity index is -0.000000514. The second-order valence-electron chi connectivity index (χ2n) is 7.03. The molecule has 0 aliphatic heterocycles. The molecule has 0 radical (unpaired) electrons. The van der Waals surface area contributed by atoms with Gasteiger partial charge in [-0.25, -0.2) is 9.59 Å². The van der Waals surface area contributed by atoms with Gasteiger partial charge in [-0.2, -0.15) is 0 Å². The number of hydrogen-bond acceptors (Lipinski definition) is 6. The second kappa shape index (κ2) is 15.6. The lowest BCUT2D eigenvalue weighted by atomic mass is 10.1. The molecular formula is C21H41N2O6P. The SMILES string of the molecule is CC[C@H](NC(=O)OC(C)(C)C)C(=O)Nc1cc(C(=O)OC)ccc1C.COC.CP.[HH].[HH]. The van der Waals surface area contributed by atoms with Gasteiger partial charge in [0.05, 0.1) is 12.7 Å². The van der Waals surface area contributed by atoms with Crippen molar-refractivity contribution in [2.24, 2.45) is 0 Å². The molecule has 1 aromatic rings. The number of esters is 1. The van der Waals surface area contributed by atoms with Crippen LogP contribution in [-0.4, -0.2) is 57.6 Å². The van der Waals surface area contributed by atoms with Crippen LogP contribution in [-0.2, 0) is 19.0 Å². The first-order chi connectivity index (χ1) is 14.0. The lowest BCUT2D eigenvalue weighted by molar-refractivity contribution is -0.118. The van der Waals surface area contributed by atoms with Crippen molar-refractivity contribution >= 4 is 32.9 Å². The van der Waals surface area contributed by atoms with Crippen LogP contribution in [0.2, 0.25) is 0 Å². The highest BCUT2D eigenvalue weighted by atomic mass is 31.0. The largest absolute Gasteiger partial charge is 0.465 e. The Morgan fingerprint density at radius 2 is 1.67 bits per heavy atom. The topological polar surface area (TPSA) is 103 Å². The van der Waals surface area contributed by atoms with Crippen molar-refractivity contribution in [2.75, 3.05) is 33.3 Å². The van der Waals surface area contributed by atoms with Gasteiger partial charge >= 0.3 is 12.1 Å². The molecule has 1 rings (SSSR count). The molecule has 176 valence electrons. The third-order valence-electron chi connectivity index (χ3n) is 3.33. The first-order valence-corrected chi connectivity index (χ1v) is 10.6. The van der Waals surface area contributed by atoms with E-state index in [2.05, 4.69) is 29.3 Å². The molecule has 0 heterocycles. The number of methoxy groups -OCH3 is 2. The number of rotatable bonds is 5. The second-order valence-corrected chi connectivity index (χ2v) is 7.03. The summed E-state index contributed by atoms with van der Waals surface area (Å²) in [6.45, 7) is 10.7. The van der Waals surface area contributed by atoms with Gasteiger partial charge in [0.25, 0.3) is 0 Å². The summed E-state index contributed by atoms with van der Waals surface area (Å²) >= 11 is 0. The summed E-state index contributed by atoms with van der Waals surface area (Å²) in [4.78, 5) is 35.9. The molecule has 0 bridgehead atoms. The van der Waals surface area contributed by atoms with E-state index in [9.17, 15) is 14.4 Å². The van der Waals surface area contributed by atoms with Crippen LogP contribution >= 0.6 is 9.24 Å². The quantitative estimate of drug-likeness (QED) is 0.515. The number of hydrogen-bond donors (Lipinski definition) is 2. The van der Waals surface area contributed by atoms with Crippen molar-refractivity contribution in [2.45, 2.75) is 52.7 Å². The van der Waals surface area contributed by atoms with E-state index in [4.69, 9.17) is 4.74 Å². The van der Waals surface area contributed by atoms with E-state index in [-0.39, 0.29) is 2.85 Å². The average Bonchev–Trinajstić information content (AvgIpc) is 2.67. The molecule has 2 amide bonds. The fourth-order valence-corrected chi connectivity index (χ4v) is 2.02. The summed E-state index contributed by atoms with van der Waals surface area (Å²) < 4.78 is 14.1. The zero-order valence-electron chi connectivity index (χ0n) is 19.5. The smallest absolute Gasteiger partial charge is 0.408 e. The van der Waals surface area contributed by atoms with E-state index in [1.54, 1.807) is 67.0 Å². The molecule has 0 fully saturated rings. The Kier molecular flexibility index (Phi) is 15.6. The first kappa shape index (κ1) is 30.0. The standard InChI is InChI=1S/C18H26N2O5.C2H6O.CH5P.2H2/c1-7-13(20-17(23)25-18(3,4)5)15(21)19-14-10-12(16(22)24-6)9-8-11(14)2;1-3-2;1-2;;/h8-10,13H,7H2,1-6H3,(H,19,21)(H,20,23);1-2H3;2H2,1H3;2*1H/t13-;;;;/m0..../s1. The summed E-state index contributed by atoms with van der Waals surface area (Å²) in [5.74, 6) is -0.882. The summed E-state index contributed by atoms with van der Waals surface area (Å²) in [5.41, 5.74) is 0.951. The summed E-state index contributed by atoms with van der Waals surface area (Å²) in [7, 11) is 6.96. The number of carbonyl (C=O) groups excluding carboxylic acids is 3. The van der Waals surface area contributed by atoms with Crippen molar-refractivity contribution in [1.82, 2.24) is 5.32 Å². The summed E-state index contributed by atoms with van der Waals surface area (Å²) in [6.07, 6.45) is -0.268. The normalized spacial score (nSPS) is 10.9. The summed E-state index contributed by atoms with van der Waals surface area (Å²) in [6, 6.07) is 4.12. The Hall–Kier alpha value is -2.18. The van der Waals surface area contributed by atoms with Crippen LogP contribution in [0.4, 0.5) is 10.5 Å². The molecule has 0 saturated carbocycles. The van der Waals surface area contributed by atoms with E-state index in [1.165, 1.54) is 7.11 Å². The molecule has 0 aliphatic rings. The van der Waals surface area contributed by atoms with Crippen LogP contribution in [0.1, 0.15) is 52.9 Å². The number of benzene rings is 1. The predicted octanol–water partition coefficient (Wildman–Crippen LogP) is 4.27. The number of ether oxygens (including phenoxy) is 3. The molecule has 2 atom stereocenters. The maximum atomic E-state index is 12.5. The number of aryl methyl sites for hydroxylation is 1. The van der Waals surface area contributed by atoms with Crippen LogP contribution in [0.25, 0.3) is 0 Å². The number of carbonyl (C=O) groups is 3. The van der Waals surface area contributed by atoms with E-state index in [0.29, 0.717) is 17.7 Å². The summed E-state index contributed by atoms with van der Waals surface area (Å²) in [5, 5.41) is 5.28. The van der Waals surface area contributed by atoms with Gasteiger partial charge in [-0.15, -0.1) is 9.24 Å². The molecule has 1 unspecified atom stereocenters. The van der Waals surface area contributed by atoms with Gasteiger partial charge in [0.1, 0.15) is 11.6 Å². The van der Waals surface area contributed by atoms with Crippen molar-refractivity contribution in [3.8, 4) is 0 Å².